The number of benzene rings is 3. The molecule has 0 heterocycles. The molecule has 0 radical (unpaired) electrons. The monoisotopic (exact) mass is 352 g/mol. The Morgan fingerprint density at radius 2 is 1.88 bits per heavy atom. The molecule has 1 N–H and O–H groups in total. The summed E-state index contributed by atoms with van der Waals surface area (Å²) < 4.78 is 5.68. The lowest BCUT2D eigenvalue weighted by molar-refractivity contribution is 0.0955. The summed E-state index contributed by atoms with van der Waals surface area (Å²) in [5.41, 5.74) is 3.85. The molecule has 0 saturated heterocycles. The van der Waals surface area contributed by atoms with Crippen LogP contribution in [0.4, 0.5) is 0 Å². The molecule has 25 heavy (non-hydrogen) atoms. The van der Waals surface area contributed by atoms with E-state index in [1.54, 1.807) is 30.5 Å². The summed E-state index contributed by atoms with van der Waals surface area (Å²) in [6.07, 6.45) is 1.61. The van der Waals surface area contributed by atoms with Crippen molar-refractivity contribution in [2.45, 2.75) is 6.92 Å². The number of halogens is 1. The molecular weight excluding hydrogens is 336 g/mol. The van der Waals surface area contributed by atoms with Crippen LogP contribution >= 0.6 is 11.6 Å². The number of rotatable bonds is 5. The molecule has 1 amide bonds. The van der Waals surface area contributed by atoms with Gasteiger partial charge in [-0.15, -0.1) is 0 Å². The molecule has 0 unspecified atom stereocenters. The molecule has 5 heteroatoms. The number of hydrogen-bond donors (Lipinski definition) is 1. The lowest BCUT2D eigenvalue weighted by Crippen LogP contribution is -2.17. The fourth-order valence-electron chi connectivity index (χ4n) is 2.51. The van der Waals surface area contributed by atoms with E-state index in [1.807, 2.05) is 43.3 Å². The van der Waals surface area contributed by atoms with Crippen LogP contribution in [0.25, 0.3) is 10.8 Å². The van der Waals surface area contributed by atoms with Gasteiger partial charge in [0.05, 0.1) is 12.8 Å². The number of carbonyl (C=O) groups is 1. The zero-order valence-corrected chi connectivity index (χ0v) is 14.5. The molecule has 0 saturated carbocycles. The van der Waals surface area contributed by atoms with Crippen molar-refractivity contribution in [3.8, 4) is 5.75 Å². The highest BCUT2D eigenvalue weighted by Gasteiger charge is 2.07. The van der Waals surface area contributed by atoms with Crippen LogP contribution < -0.4 is 10.2 Å². The van der Waals surface area contributed by atoms with E-state index in [1.165, 1.54) is 0 Å². The normalized spacial score (nSPS) is 11.0. The van der Waals surface area contributed by atoms with Gasteiger partial charge in [0.15, 0.2) is 0 Å². The fourth-order valence-corrected chi connectivity index (χ4v) is 2.64. The molecule has 0 spiro atoms. The van der Waals surface area contributed by atoms with Crippen LogP contribution in [0, 0.1) is 0 Å². The minimum Gasteiger partial charge on any atom is -0.493 e. The van der Waals surface area contributed by atoms with Crippen LogP contribution in [-0.2, 0) is 0 Å². The second-order valence-corrected chi connectivity index (χ2v) is 5.77. The number of nitrogens with one attached hydrogen (secondary N) is 1. The maximum absolute atomic E-state index is 12.1. The maximum atomic E-state index is 12.1. The van der Waals surface area contributed by atoms with Crippen LogP contribution in [-0.4, -0.2) is 18.7 Å². The zero-order chi connectivity index (χ0) is 17.6. The molecule has 0 atom stereocenters. The first-order valence-corrected chi connectivity index (χ1v) is 8.30. The van der Waals surface area contributed by atoms with Crippen LogP contribution in [0.15, 0.2) is 65.8 Å². The molecule has 3 rings (SSSR count). The number of carbonyl (C=O) groups excluding carboxylic acids is 1. The topological polar surface area (TPSA) is 50.7 Å². The van der Waals surface area contributed by atoms with E-state index >= 15 is 0 Å². The summed E-state index contributed by atoms with van der Waals surface area (Å²) in [5, 5.41) is 6.77. The second kappa shape index (κ2) is 7.81. The van der Waals surface area contributed by atoms with Crippen molar-refractivity contribution in [2.24, 2.45) is 5.10 Å². The Morgan fingerprint density at radius 3 is 2.64 bits per heavy atom. The van der Waals surface area contributed by atoms with E-state index in [4.69, 9.17) is 16.3 Å². The Bertz CT molecular complexity index is 921. The van der Waals surface area contributed by atoms with Gasteiger partial charge in [0.1, 0.15) is 5.75 Å². The maximum Gasteiger partial charge on any atom is 0.271 e. The molecule has 0 aromatic heterocycles. The average molecular weight is 353 g/mol. The molecule has 126 valence electrons. The van der Waals surface area contributed by atoms with Crippen molar-refractivity contribution in [1.29, 1.82) is 0 Å². The SMILES string of the molecule is CCOc1ccc2ccccc2c1C=NNC(=O)c1ccc(Cl)cc1. The van der Waals surface area contributed by atoms with Crippen molar-refractivity contribution in [3.05, 3.63) is 76.8 Å². The molecule has 3 aromatic carbocycles. The van der Waals surface area contributed by atoms with E-state index in [9.17, 15) is 4.79 Å². The summed E-state index contributed by atoms with van der Waals surface area (Å²) in [7, 11) is 0. The molecule has 0 aliphatic carbocycles. The Morgan fingerprint density at radius 1 is 1.12 bits per heavy atom. The lowest BCUT2D eigenvalue weighted by Gasteiger charge is -2.10. The number of hydrogen-bond acceptors (Lipinski definition) is 3. The third-order valence-electron chi connectivity index (χ3n) is 3.70. The average Bonchev–Trinajstić information content (AvgIpc) is 2.64. The molecule has 3 aromatic rings. The minimum absolute atomic E-state index is 0.300. The third-order valence-corrected chi connectivity index (χ3v) is 3.95. The van der Waals surface area contributed by atoms with E-state index in [2.05, 4.69) is 10.5 Å². The zero-order valence-electron chi connectivity index (χ0n) is 13.7. The Hall–Kier alpha value is -2.85. The van der Waals surface area contributed by atoms with Crippen molar-refractivity contribution in [2.75, 3.05) is 6.61 Å². The van der Waals surface area contributed by atoms with Crippen LogP contribution in [0.5, 0.6) is 5.75 Å². The molecule has 0 aliphatic rings. The van der Waals surface area contributed by atoms with Gasteiger partial charge < -0.3 is 4.74 Å². The predicted octanol–water partition coefficient (Wildman–Crippen LogP) is 4.66. The summed E-state index contributed by atoms with van der Waals surface area (Å²) in [5.74, 6) is 0.428. The standard InChI is InChI=1S/C20H17ClN2O2/c1-2-25-19-12-9-14-5-3-4-6-17(14)18(19)13-22-23-20(24)15-7-10-16(21)11-8-15/h3-13H,2H2,1H3,(H,23,24). The van der Waals surface area contributed by atoms with Crippen molar-refractivity contribution in [1.82, 2.24) is 5.43 Å². The van der Waals surface area contributed by atoms with Crippen LogP contribution in [0.3, 0.4) is 0 Å². The molecular formula is C20H17ClN2O2. The van der Waals surface area contributed by atoms with Gasteiger partial charge in [-0.3, -0.25) is 4.79 Å². The Balaban J connectivity index is 1.86. The molecule has 0 bridgehead atoms. The van der Waals surface area contributed by atoms with E-state index in [-0.39, 0.29) is 5.91 Å². The van der Waals surface area contributed by atoms with Crippen molar-refractivity contribution < 1.29 is 9.53 Å². The quantitative estimate of drug-likeness (QED) is 0.536. The van der Waals surface area contributed by atoms with Crippen LogP contribution in [0.2, 0.25) is 5.02 Å². The highest BCUT2D eigenvalue weighted by molar-refractivity contribution is 6.30. The number of hydrazone groups is 1. The minimum atomic E-state index is -0.300. The van der Waals surface area contributed by atoms with E-state index < -0.39 is 0 Å². The van der Waals surface area contributed by atoms with Gasteiger partial charge >= 0.3 is 0 Å². The summed E-state index contributed by atoms with van der Waals surface area (Å²) in [4.78, 5) is 12.1. The highest BCUT2D eigenvalue weighted by atomic mass is 35.5. The molecule has 0 fully saturated rings. The van der Waals surface area contributed by atoms with E-state index in [0.29, 0.717) is 17.2 Å². The van der Waals surface area contributed by atoms with Crippen molar-refractivity contribution >= 4 is 34.5 Å². The first kappa shape index (κ1) is 17.0. The number of amides is 1. The lowest BCUT2D eigenvalue weighted by atomic mass is 10.0. The highest BCUT2D eigenvalue weighted by Crippen LogP contribution is 2.26. The van der Waals surface area contributed by atoms with Gasteiger partial charge in [-0.25, -0.2) is 5.43 Å². The van der Waals surface area contributed by atoms with E-state index in [0.717, 1.165) is 22.1 Å². The van der Waals surface area contributed by atoms with Crippen LogP contribution in [0.1, 0.15) is 22.8 Å². The Kier molecular flexibility index (Phi) is 5.31. The second-order valence-electron chi connectivity index (χ2n) is 5.34. The smallest absolute Gasteiger partial charge is 0.271 e. The first-order valence-electron chi connectivity index (χ1n) is 7.92. The first-order chi connectivity index (χ1) is 12.2. The van der Waals surface area contributed by atoms with Gasteiger partial charge in [-0.1, -0.05) is 41.9 Å². The number of fused-ring (bicyclic) bond motifs is 1. The summed E-state index contributed by atoms with van der Waals surface area (Å²) in [6.45, 7) is 2.48. The summed E-state index contributed by atoms with van der Waals surface area (Å²) >= 11 is 5.83. The van der Waals surface area contributed by atoms with Crippen molar-refractivity contribution in [3.63, 3.8) is 0 Å². The van der Waals surface area contributed by atoms with Gasteiger partial charge in [-0.05, 0) is 48.0 Å². The van der Waals surface area contributed by atoms with Gasteiger partial charge in [0.25, 0.3) is 5.91 Å². The summed E-state index contributed by atoms with van der Waals surface area (Å²) in [6, 6.07) is 18.5. The Labute approximate surface area is 151 Å². The predicted molar refractivity (Wildman–Crippen MR) is 102 cm³/mol. The number of nitrogens with zero attached hydrogens (tertiary/aromatic N) is 1. The fraction of sp³-hybridized carbons (Fsp3) is 0.100. The van der Waals surface area contributed by atoms with Gasteiger partial charge in [0.2, 0.25) is 0 Å². The largest absolute Gasteiger partial charge is 0.493 e. The van der Waals surface area contributed by atoms with Gasteiger partial charge in [0, 0.05) is 16.1 Å². The van der Waals surface area contributed by atoms with Gasteiger partial charge in [-0.2, -0.15) is 5.10 Å². The molecule has 0 aliphatic heterocycles. The molecule has 4 nitrogen and oxygen atoms in total. The third kappa shape index (κ3) is 3.98. The number of ether oxygens (including phenoxy) is 1.